The van der Waals surface area contributed by atoms with E-state index in [1.165, 1.54) is 0 Å². The standard InChI is InChI=1S/C8H8N2O/c1-6-5-9-8-7(6)3-2-4-10(8)11/h2-5,11H,1H3. The molecule has 0 aliphatic carbocycles. The Morgan fingerprint density at radius 1 is 1.55 bits per heavy atom. The van der Waals surface area contributed by atoms with Crippen molar-refractivity contribution in [2.75, 3.05) is 0 Å². The number of nitrogens with zero attached hydrogens (tertiary/aromatic N) is 2. The van der Waals surface area contributed by atoms with Gasteiger partial charge in [0.15, 0.2) is 5.82 Å². The molecular weight excluding hydrogens is 140 g/mol. The highest BCUT2D eigenvalue weighted by Crippen LogP contribution is 2.22. The highest BCUT2D eigenvalue weighted by Gasteiger charge is 2.09. The summed E-state index contributed by atoms with van der Waals surface area (Å²) in [5, 5.41) is 9.24. The number of rotatable bonds is 0. The number of aromatic nitrogens is 2. The molecule has 11 heavy (non-hydrogen) atoms. The van der Waals surface area contributed by atoms with Gasteiger partial charge in [0, 0.05) is 18.0 Å². The van der Waals surface area contributed by atoms with E-state index in [0.29, 0.717) is 5.82 Å². The van der Waals surface area contributed by atoms with Gasteiger partial charge < -0.3 is 5.21 Å². The van der Waals surface area contributed by atoms with Crippen molar-refractivity contribution in [3.63, 3.8) is 0 Å². The topological polar surface area (TPSA) is 38.0 Å². The van der Waals surface area contributed by atoms with Crippen LogP contribution in [0.3, 0.4) is 0 Å². The van der Waals surface area contributed by atoms with Crippen molar-refractivity contribution < 1.29 is 5.21 Å². The van der Waals surface area contributed by atoms with Gasteiger partial charge in [-0.05, 0) is 24.6 Å². The van der Waals surface area contributed by atoms with Crippen molar-refractivity contribution in [2.45, 2.75) is 6.92 Å². The Kier molecular flexibility index (Phi) is 1.12. The van der Waals surface area contributed by atoms with Crippen LogP contribution in [-0.2, 0) is 0 Å². The average Bonchev–Trinajstić information content (AvgIpc) is 2.35. The van der Waals surface area contributed by atoms with Gasteiger partial charge in [-0.15, -0.1) is 0 Å². The van der Waals surface area contributed by atoms with Crippen LogP contribution in [0.25, 0.3) is 11.4 Å². The number of fused-ring (bicyclic) bond motifs is 1. The minimum atomic E-state index is 0.616. The summed E-state index contributed by atoms with van der Waals surface area (Å²) in [5.74, 6) is 0.616. The zero-order valence-electron chi connectivity index (χ0n) is 6.15. The lowest BCUT2D eigenvalue weighted by Gasteiger charge is -2.02. The average molecular weight is 148 g/mol. The van der Waals surface area contributed by atoms with E-state index in [2.05, 4.69) is 4.98 Å². The van der Waals surface area contributed by atoms with Crippen molar-refractivity contribution in [2.24, 2.45) is 0 Å². The van der Waals surface area contributed by atoms with Crippen molar-refractivity contribution in [1.82, 2.24) is 9.71 Å². The zero-order chi connectivity index (χ0) is 7.84. The maximum atomic E-state index is 9.24. The molecule has 0 aromatic rings. The molecule has 0 amide bonds. The van der Waals surface area contributed by atoms with E-state index >= 15 is 0 Å². The van der Waals surface area contributed by atoms with Crippen molar-refractivity contribution >= 4 is 0 Å². The molecule has 2 rings (SSSR count). The van der Waals surface area contributed by atoms with Crippen LogP contribution < -0.4 is 0 Å². The lowest BCUT2D eigenvalue weighted by atomic mass is 10.2. The summed E-state index contributed by atoms with van der Waals surface area (Å²) in [5.41, 5.74) is 2.08. The van der Waals surface area contributed by atoms with Crippen LogP contribution in [0, 0.1) is 6.92 Å². The SMILES string of the molecule is Cc1cnc2n(O)cccc1-2. The summed E-state index contributed by atoms with van der Waals surface area (Å²) < 4.78 is 1.03. The smallest absolute Gasteiger partial charge is 0.175 e. The Bertz CT molecular complexity index is 353. The molecule has 2 aliphatic rings. The Labute approximate surface area is 64.2 Å². The molecule has 3 heteroatoms. The molecule has 3 nitrogen and oxygen atoms in total. The predicted octanol–water partition coefficient (Wildman–Crippen LogP) is 1.53. The van der Waals surface area contributed by atoms with Crippen LogP contribution in [0.5, 0.6) is 0 Å². The molecule has 0 saturated carbocycles. The lowest BCUT2D eigenvalue weighted by Crippen LogP contribution is -1.96. The van der Waals surface area contributed by atoms with E-state index in [9.17, 15) is 5.21 Å². The maximum Gasteiger partial charge on any atom is 0.175 e. The molecular formula is C8H8N2O. The zero-order valence-corrected chi connectivity index (χ0v) is 6.15. The quantitative estimate of drug-likeness (QED) is 0.575. The molecule has 1 N–H and O–H groups in total. The Morgan fingerprint density at radius 2 is 2.36 bits per heavy atom. The summed E-state index contributed by atoms with van der Waals surface area (Å²) in [4.78, 5) is 4.03. The van der Waals surface area contributed by atoms with E-state index in [1.54, 1.807) is 18.5 Å². The van der Waals surface area contributed by atoms with Crippen LogP contribution in [0.4, 0.5) is 0 Å². The van der Waals surface area contributed by atoms with E-state index < -0.39 is 0 Å². The fourth-order valence-electron chi connectivity index (χ4n) is 1.15. The summed E-state index contributed by atoms with van der Waals surface area (Å²) in [6, 6.07) is 3.72. The second-order valence-electron chi connectivity index (χ2n) is 2.53. The van der Waals surface area contributed by atoms with E-state index in [4.69, 9.17) is 0 Å². The molecule has 0 atom stereocenters. The Morgan fingerprint density at radius 3 is 3.09 bits per heavy atom. The van der Waals surface area contributed by atoms with Gasteiger partial charge >= 0.3 is 0 Å². The monoisotopic (exact) mass is 148 g/mol. The fourth-order valence-corrected chi connectivity index (χ4v) is 1.15. The van der Waals surface area contributed by atoms with Gasteiger partial charge in [0.05, 0.1) is 0 Å². The van der Waals surface area contributed by atoms with Crippen molar-refractivity contribution in [3.8, 4) is 11.4 Å². The largest absolute Gasteiger partial charge is 0.427 e. The fraction of sp³-hybridized carbons (Fsp3) is 0.125. The van der Waals surface area contributed by atoms with Gasteiger partial charge in [-0.2, -0.15) is 4.73 Å². The molecule has 0 saturated heterocycles. The molecule has 56 valence electrons. The second-order valence-corrected chi connectivity index (χ2v) is 2.53. The van der Waals surface area contributed by atoms with Crippen molar-refractivity contribution in [1.29, 1.82) is 0 Å². The third-order valence-electron chi connectivity index (χ3n) is 1.75. The summed E-state index contributed by atoms with van der Waals surface area (Å²) in [7, 11) is 0. The van der Waals surface area contributed by atoms with E-state index in [1.807, 2.05) is 13.0 Å². The molecule has 0 spiro atoms. The minimum absolute atomic E-state index is 0.616. The maximum absolute atomic E-state index is 9.24. The summed E-state index contributed by atoms with van der Waals surface area (Å²) in [6.07, 6.45) is 3.31. The van der Waals surface area contributed by atoms with Gasteiger partial charge in [-0.1, -0.05) is 0 Å². The molecule has 0 unspecified atom stereocenters. The van der Waals surface area contributed by atoms with E-state index in [0.717, 1.165) is 15.9 Å². The van der Waals surface area contributed by atoms with Gasteiger partial charge in [-0.3, -0.25) is 0 Å². The third-order valence-corrected chi connectivity index (χ3v) is 1.75. The Balaban J connectivity index is 2.79. The predicted molar refractivity (Wildman–Crippen MR) is 40.8 cm³/mol. The van der Waals surface area contributed by atoms with Crippen LogP contribution >= 0.6 is 0 Å². The summed E-state index contributed by atoms with van der Waals surface area (Å²) in [6.45, 7) is 1.97. The first-order valence-electron chi connectivity index (χ1n) is 3.41. The van der Waals surface area contributed by atoms with Gasteiger partial charge in [0.1, 0.15) is 0 Å². The number of aryl methyl sites for hydroxylation is 1. The number of pyridine rings is 1. The second kappa shape index (κ2) is 1.99. The van der Waals surface area contributed by atoms with Crippen LogP contribution in [-0.4, -0.2) is 14.9 Å². The van der Waals surface area contributed by atoms with Crippen LogP contribution in [0.2, 0.25) is 0 Å². The normalized spacial score (nSPS) is 10.6. The number of hydrogen-bond acceptors (Lipinski definition) is 2. The molecule has 0 aromatic heterocycles. The first-order valence-corrected chi connectivity index (χ1v) is 3.41. The first-order chi connectivity index (χ1) is 5.29. The molecule has 2 aliphatic heterocycles. The lowest BCUT2D eigenvalue weighted by molar-refractivity contribution is 0.187. The molecule has 0 aromatic carbocycles. The number of hydrogen-bond donors (Lipinski definition) is 1. The van der Waals surface area contributed by atoms with E-state index in [-0.39, 0.29) is 0 Å². The Hall–Kier alpha value is -1.51. The van der Waals surface area contributed by atoms with Crippen LogP contribution in [0.15, 0.2) is 24.5 Å². The highest BCUT2D eigenvalue weighted by molar-refractivity contribution is 5.61. The summed E-state index contributed by atoms with van der Waals surface area (Å²) >= 11 is 0. The first kappa shape index (κ1) is 6.22. The molecule has 0 fully saturated rings. The van der Waals surface area contributed by atoms with Crippen molar-refractivity contribution in [3.05, 3.63) is 30.1 Å². The third kappa shape index (κ3) is 0.774. The molecule has 0 bridgehead atoms. The van der Waals surface area contributed by atoms with Gasteiger partial charge in [0.2, 0.25) is 0 Å². The highest BCUT2D eigenvalue weighted by atomic mass is 16.5. The van der Waals surface area contributed by atoms with Gasteiger partial charge in [0.25, 0.3) is 0 Å². The van der Waals surface area contributed by atoms with Crippen LogP contribution in [0.1, 0.15) is 5.56 Å². The molecule has 0 radical (unpaired) electrons. The van der Waals surface area contributed by atoms with Gasteiger partial charge in [-0.25, -0.2) is 4.98 Å². The minimum Gasteiger partial charge on any atom is -0.427 e. The molecule has 2 heterocycles.